The molecule has 0 saturated carbocycles. The molecule has 0 spiro atoms. The number of esters is 1. The van der Waals surface area contributed by atoms with Gasteiger partial charge in [0.1, 0.15) is 18.4 Å². The van der Waals surface area contributed by atoms with Crippen LogP contribution in [0.15, 0.2) is 54.6 Å². The molecule has 2 aromatic carbocycles. The Balaban J connectivity index is 1.32. The highest BCUT2D eigenvalue weighted by molar-refractivity contribution is 6.09. The lowest BCUT2D eigenvalue weighted by Crippen LogP contribution is -2.77. The zero-order chi connectivity index (χ0) is 24.2. The maximum Gasteiger partial charge on any atom is 0.337 e. The average Bonchev–Trinajstić information content (AvgIpc) is 2.85. The molecule has 2 aromatic rings. The number of β-lactam (4-membered cyclic amide) rings is 1. The molecule has 3 atom stereocenters. The van der Waals surface area contributed by atoms with Gasteiger partial charge >= 0.3 is 5.97 Å². The predicted molar refractivity (Wildman–Crippen MR) is 115 cm³/mol. The van der Waals surface area contributed by atoms with E-state index < -0.39 is 46.6 Å². The topological polar surface area (TPSA) is 145 Å². The summed E-state index contributed by atoms with van der Waals surface area (Å²) in [5.74, 6) is -1.83. The molecule has 1 N–H and O–H groups in total. The van der Waals surface area contributed by atoms with Crippen LogP contribution in [0.2, 0.25) is 0 Å². The van der Waals surface area contributed by atoms with Crippen LogP contribution in [0.3, 0.4) is 0 Å². The van der Waals surface area contributed by atoms with E-state index in [1.807, 2.05) is 6.07 Å². The number of nitrogens with zero attached hydrogens (tertiary/aromatic N) is 2. The number of non-ortho nitro benzene ring substituents is 1. The van der Waals surface area contributed by atoms with Crippen molar-refractivity contribution in [3.05, 3.63) is 70.3 Å². The molecule has 4 rings (SSSR count). The number of nitrogens with one attached hydrogen (secondary N) is 1. The Hall–Kier alpha value is -4.28. The largest absolute Gasteiger partial charge is 0.484 e. The van der Waals surface area contributed by atoms with Crippen LogP contribution in [-0.4, -0.2) is 58.1 Å². The second kappa shape index (κ2) is 9.69. The number of para-hydroxylation sites is 1. The van der Waals surface area contributed by atoms with E-state index in [9.17, 15) is 29.3 Å². The summed E-state index contributed by atoms with van der Waals surface area (Å²) in [6.07, 6.45) is 0.389. The van der Waals surface area contributed by atoms with Crippen LogP contribution in [0, 0.1) is 10.1 Å². The van der Waals surface area contributed by atoms with Gasteiger partial charge in [0.2, 0.25) is 5.91 Å². The molecular weight excluding hydrogens is 446 g/mol. The minimum absolute atomic E-state index is 0.0681. The number of hydrogen-bond donors (Lipinski definition) is 1. The highest BCUT2D eigenvalue weighted by Gasteiger charge is 2.57. The number of ketones is 1. The van der Waals surface area contributed by atoms with Gasteiger partial charge in [0.25, 0.3) is 11.6 Å². The monoisotopic (exact) mass is 467 g/mol. The first kappa shape index (κ1) is 22.9. The normalized spacial score (nSPS) is 21.2. The quantitative estimate of drug-likeness (QED) is 0.200. The van der Waals surface area contributed by atoms with Crippen molar-refractivity contribution in [2.24, 2.45) is 0 Å². The Kier molecular flexibility index (Phi) is 6.53. The van der Waals surface area contributed by atoms with E-state index in [4.69, 9.17) is 9.47 Å². The van der Waals surface area contributed by atoms with E-state index in [-0.39, 0.29) is 25.3 Å². The summed E-state index contributed by atoms with van der Waals surface area (Å²) in [7, 11) is 0. The molecule has 2 aliphatic heterocycles. The summed E-state index contributed by atoms with van der Waals surface area (Å²) in [4.78, 5) is 61.3. The molecule has 11 nitrogen and oxygen atoms in total. The number of hydrogen-bond acceptors (Lipinski definition) is 8. The van der Waals surface area contributed by atoms with Crippen molar-refractivity contribution in [2.45, 2.75) is 37.6 Å². The smallest absolute Gasteiger partial charge is 0.337 e. The second-order valence-corrected chi connectivity index (χ2v) is 7.90. The molecular formula is C23H21N3O8. The maximum absolute atomic E-state index is 12.7. The van der Waals surface area contributed by atoms with Crippen molar-refractivity contribution in [1.82, 2.24) is 10.2 Å². The Morgan fingerprint density at radius 2 is 1.79 bits per heavy atom. The minimum Gasteiger partial charge on any atom is -0.484 e. The van der Waals surface area contributed by atoms with Gasteiger partial charge < -0.3 is 19.7 Å². The van der Waals surface area contributed by atoms with Crippen molar-refractivity contribution < 1.29 is 33.6 Å². The molecule has 0 aliphatic carbocycles. The number of ether oxygens (including phenoxy) is 2. The van der Waals surface area contributed by atoms with Crippen LogP contribution in [0.1, 0.15) is 18.4 Å². The Labute approximate surface area is 193 Å². The molecule has 2 amide bonds. The number of carbonyl (C=O) groups excluding carboxylic acids is 4. The number of Topliss-reactive ketones (excluding diaryl/α,β-unsaturated/α-hetero) is 1. The summed E-state index contributed by atoms with van der Waals surface area (Å²) < 4.78 is 10.6. The molecule has 2 saturated heterocycles. The van der Waals surface area contributed by atoms with Crippen molar-refractivity contribution in [1.29, 1.82) is 0 Å². The zero-order valence-electron chi connectivity index (χ0n) is 17.9. The molecule has 0 radical (unpaired) electrons. The van der Waals surface area contributed by atoms with Crippen molar-refractivity contribution in [3.63, 3.8) is 0 Å². The first-order valence-corrected chi connectivity index (χ1v) is 10.6. The van der Waals surface area contributed by atoms with E-state index in [1.54, 1.807) is 24.3 Å². The lowest BCUT2D eigenvalue weighted by atomic mass is 9.82. The SMILES string of the molecule is O=C(COc1ccccc1)NC1C(=O)N2C(C(=O)OCc3ccc([N+](=O)[O-])cc3)C(=O)CCC12. The van der Waals surface area contributed by atoms with Gasteiger partial charge in [0, 0.05) is 18.6 Å². The highest BCUT2D eigenvalue weighted by Crippen LogP contribution is 2.33. The Morgan fingerprint density at radius 3 is 2.47 bits per heavy atom. The van der Waals surface area contributed by atoms with Crippen LogP contribution in [0.25, 0.3) is 0 Å². The zero-order valence-corrected chi connectivity index (χ0v) is 17.9. The molecule has 34 heavy (non-hydrogen) atoms. The number of amides is 2. The van der Waals surface area contributed by atoms with Gasteiger partial charge in [-0.3, -0.25) is 24.5 Å². The minimum atomic E-state index is -1.38. The number of piperidine rings is 1. The van der Waals surface area contributed by atoms with Gasteiger partial charge in [-0.2, -0.15) is 0 Å². The van der Waals surface area contributed by atoms with Crippen LogP contribution < -0.4 is 10.1 Å². The number of nitro benzene ring substituents is 1. The number of nitro groups is 1. The molecule has 3 unspecified atom stereocenters. The van der Waals surface area contributed by atoms with E-state index >= 15 is 0 Å². The number of benzene rings is 2. The molecule has 2 aliphatic rings. The van der Waals surface area contributed by atoms with Gasteiger partial charge in [0.15, 0.2) is 18.4 Å². The van der Waals surface area contributed by atoms with Crippen LogP contribution >= 0.6 is 0 Å². The van der Waals surface area contributed by atoms with Crippen LogP contribution in [-0.2, 0) is 30.5 Å². The Bertz CT molecular complexity index is 1120. The summed E-state index contributed by atoms with van der Waals surface area (Å²) >= 11 is 0. The maximum atomic E-state index is 12.7. The van der Waals surface area contributed by atoms with Gasteiger partial charge in [0.05, 0.1) is 11.0 Å². The summed E-state index contributed by atoms with van der Waals surface area (Å²) in [6, 6.07) is 11.5. The lowest BCUT2D eigenvalue weighted by Gasteiger charge is -2.52. The number of carbonyl (C=O) groups is 4. The fourth-order valence-electron chi connectivity index (χ4n) is 4.00. The van der Waals surface area contributed by atoms with Gasteiger partial charge in [-0.05, 0) is 36.2 Å². The van der Waals surface area contributed by atoms with Gasteiger partial charge in [-0.15, -0.1) is 0 Å². The second-order valence-electron chi connectivity index (χ2n) is 7.90. The predicted octanol–water partition coefficient (Wildman–Crippen LogP) is 1.14. The fourth-order valence-corrected chi connectivity index (χ4v) is 4.00. The molecule has 11 heteroatoms. The molecule has 2 heterocycles. The van der Waals surface area contributed by atoms with Crippen LogP contribution in [0.4, 0.5) is 5.69 Å². The average molecular weight is 467 g/mol. The summed E-state index contributed by atoms with van der Waals surface area (Å²) in [6.45, 7) is -0.482. The van der Waals surface area contributed by atoms with E-state index in [0.717, 1.165) is 4.90 Å². The third-order valence-corrected chi connectivity index (χ3v) is 5.71. The molecule has 0 bridgehead atoms. The van der Waals surface area contributed by atoms with E-state index in [0.29, 0.717) is 17.7 Å². The molecule has 0 aromatic heterocycles. The van der Waals surface area contributed by atoms with E-state index in [2.05, 4.69) is 5.32 Å². The van der Waals surface area contributed by atoms with Crippen molar-refractivity contribution in [2.75, 3.05) is 6.61 Å². The number of rotatable bonds is 8. The third kappa shape index (κ3) is 4.72. The highest BCUT2D eigenvalue weighted by atomic mass is 16.6. The van der Waals surface area contributed by atoms with Crippen molar-refractivity contribution >= 4 is 29.3 Å². The van der Waals surface area contributed by atoms with Crippen LogP contribution in [0.5, 0.6) is 5.75 Å². The van der Waals surface area contributed by atoms with Crippen molar-refractivity contribution in [3.8, 4) is 5.75 Å². The van der Waals surface area contributed by atoms with Gasteiger partial charge in [-0.25, -0.2) is 4.79 Å². The fraction of sp³-hybridized carbons (Fsp3) is 0.304. The molecule has 176 valence electrons. The van der Waals surface area contributed by atoms with Gasteiger partial charge in [-0.1, -0.05) is 18.2 Å². The third-order valence-electron chi connectivity index (χ3n) is 5.71. The Morgan fingerprint density at radius 1 is 1.09 bits per heavy atom. The standard InChI is InChI=1S/C23H21N3O8/c27-18-11-10-17-20(24-19(28)13-33-16-4-2-1-3-5-16)22(29)25(17)21(18)23(30)34-12-14-6-8-15(9-7-14)26(31)32/h1-9,17,20-21H,10-13H2,(H,24,28). The lowest BCUT2D eigenvalue weighted by molar-refractivity contribution is -0.384. The first-order chi connectivity index (χ1) is 16.3. The number of fused-ring (bicyclic) bond motifs is 1. The summed E-state index contributed by atoms with van der Waals surface area (Å²) in [5.41, 5.74) is 0.395. The summed E-state index contributed by atoms with van der Waals surface area (Å²) in [5, 5.41) is 13.3. The molecule has 2 fully saturated rings. The first-order valence-electron chi connectivity index (χ1n) is 10.6. The van der Waals surface area contributed by atoms with E-state index in [1.165, 1.54) is 24.3 Å².